The van der Waals surface area contributed by atoms with Crippen molar-refractivity contribution in [1.29, 1.82) is 0 Å². The van der Waals surface area contributed by atoms with Crippen LogP contribution in [0.1, 0.15) is 31.7 Å². The Labute approximate surface area is 117 Å². The summed E-state index contributed by atoms with van der Waals surface area (Å²) in [5.41, 5.74) is -0.0377. The van der Waals surface area contributed by atoms with E-state index in [4.69, 9.17) is 0 Å². The van der Waals surface area contributed by atoms with E-state index in [0.717, 1.165) is 25.5 Å². The maximum absolute atomic E-state index is 13.8. The molecule has 1 heterocycles. The van der Waals surface area contributed by atoms with Crippen molar-refractivity contribution in [3.05, 3.63) is 29.3 Å². The molecule has 0 bridgehead atoms. The smallest absolute Gasteiger partial charge is 0.226 e. The topological polar surface area (TPSA) is 41.1 Å². The molecule has 2 atom stereocenters. The largest absolute Gasteiger partial charge is 0.321 e. The lowest BCUT2D eigenvalue weighted by Crippen LogP contribution is -2.42. The second kappa shape index (κ2) is 6.31. The van der Waals surface area contributed by atoms with Gasteiger partial charge in [-0.05, 0) is 43.9 Å². The number of halogens is 2. The second-order valence-electron chi connectivity index (χ2n) is 5.49. The minimum Gasteiger partial charge on any atom is -0.321 e. The third-order valence-electron chi connectivity index (χ3n) is 3.88. The van der Waals surface area contributed by atoms with Gasteiger partial charge in [0, 0.05) is 12.5 Å². The van der Waals surface area contributed by atoms with Crippen LogP contribution in [0.25, 0.3) is 0 Å². The molecular formula is C15H20F2N2O. The van der Waals surface area contributed by atoms with Gasteiger partial charge in [-0.25, -0.2) is 8.78 Å². The fraction of sp³-hybridized carbons (Fsp3) is 0.533. The Morgan fingerprint density at radius 3 is 2.90 bits per heavy atom. The first-order valence-electron chi connectivity index (χ1n) is 6.97. The molecule has 1 aromatic carbocycles. The highest BCUT2D eigenvalue weighted by molar-refractivity contribution is 5.91. The molecular weight excluding hydrogens is 262 g/mol. The van der Waals surface area contributed by atoms with E-state index in [-0.39, 0.29) is 24.1 Å². The minimum atomic E-state index is -0.744. The SMILES string of the molecule is Cc1ccc(F)c(NC(=O)CC2NCCCC2C)c1F. The van der Waals surface area contributed by atoms with Crippen LogP contribution in [0, 0.1) is 24.5 Å². The molecule has 0 aliphatic carbocycles. The molecule has 20 heavy (non-hydrogen) atoms. The van der Waals surface area contributed by atoms with Crippen LogP contribution in [0.15, 0.2) is 12.1 Å². The van der Waals surface area contributed by atoms with E-state index >= 15 is 0 Å². The molecule has 3 nitrogen and oxygen atoms in total. The van der Waals surface area contributed by atoms with Crippen LogP contribution in [0.5, 0.6) is 0 Å². The summed E-state index contributed by atoms with van der Waals surface area (Å²) in [6.07, 6.45) is 2.40. The lowest BCUT2D eigenvalue weighted by Gasteiger charge is -2.29. The Hall–Kier alpha value is -1.49. The number of hydrogen-bond donors (Lipinski definition) is 2. The predicted octanol–water partition coefficient (Wildman–Crippen LogP) is 2.99. The maximum atomic E-state index is 13.8. The molecule has 1 aliphatic heterocycles. The molecule has 0 aromatic heterocycles. The Morgan fingerprint density at radius 1 is 1.45 bits per heavy atom. The molecule has 2 rings (SSSR count). The first-order valence-corrected chi connectivity index (χ1v) is 6.97. The average molecular weight is 282 g/mol. The summed E-state index contributed by atoms with van der Waals surface area (Å²) >= 11 is 0. The third kappa shape index (κ3) is 3.33. The number of anilines is 1. The van der Waals surface area contributed by atoms with Crippen LogP contribution in [0.2, 0.25) is 0 Å². The van der Waals surface area contributed by atoms with Gasteiger partial charge in [-0.3, -0.25) is 4.79 Å². The highest BCUT2D eigenvalue weighted by Gasteiger charge is 2.24. The first kappa shape index (κ1) is 14.9. The summed E-state index contributed by atoms with van der Waals surface area (Å²) in [5.74, 6) is -1.42. The number of piperidine rings is 1. The Morgan fingerprint density at radius 2 is 2.20 bits per heavy atom. The standard InChI is InChI=1S/C15H20F2N2O/c1-9-4-3-7-18-12(9)8-13(20)19-15-11(16)6-5-10(2)14(15)17/h5-6,9,12,18H,3-4,7-8H2,1-2H3,(H,19,20). The first-order chi connectivity index (χ1) is 9.49. The minimum absolute atomic E-state index is 0.0691. The Bertz CT molecular complexity index is 505. The van der Waals surface area contributed by atoms with Crippen molar-refractivity contribution in [2.75, 3.05) is 11.9 Å². The van der Waals surface area contributed by atoms with Crippen molar-refractivity contribution in [2.45, 2.75) is 39.2 Å². The van der Waals surface area contributed by atoms with E-state index in [1.165, 1.54) is 13.0 Å². The van der Waals surface area contributed by atoms with E-state index in [1.807, 2.05) is 0 Å². The van der Waals surface area contributed by atoms with Gasteiger partial charge in [0.25, 0.3) is 0 Å². The van der Waals surface area contributed by atoms with Gasteiger partial charge in [0.05, 0.1) is 0 Å². The molecule has 2 N–H and O–H groups in total. The van der Waals surface area contributed by atoms with E-state index in [2.05, 4.69) is 17.6 Å². The van der Waals surface area contributed by atoms with Gasteiger partial charge >= 0.3 is 0 Å². The fourth-order valence-electron chi connectivity index (χ4n) is 2.55. The van der Waals surface area contributed by atoms with Crippen LogP contribution < -0.4 is 10.6 Å². The van der Waals surface area contributed by atoms with Crippen LogP contribution >= 0.6 is 0 Å². The van der Waals surface area contributed by atoms with Gasteiger partial charge in [0.15, 0.2) is 5.82 Å². The summed E-state index contributed by atoms with van der Waals surface area (Å²) in [4.78, 5) is 12.0. The molecule has 1 aliphatic rings. The molecule has 1 aromatic rings. The number of benzene rings is 1. The molecule has 5 heteroatoms. The van der Waals surface area contributed by atoms with E-state index in [1.54, 1.807) is 0 Å². The summed E-state index contributed by atoms with van der Waals surface area (Å²) in [7, 11) is 0. The second-order valence-corrected chi connectivity index (χ2v) is 5.49. The zero-order valence-corrected chi connectivity index (χ0v) is 11.8. The number of amides is 1. The van der Waals surface area contributed by atoms with Crippen molar-refractivity contribution in [3.63, 3.8) is 0 Å². The van der Waals surface area contributed by atoms with Crippen LogP contribution in [0.3, 0.4) is 0 Å². The van der Waals surface area contributed by atoms with Crippen molar-refractivity contribution in [1.82, 2.24) is 5.32 Å². The van der Waals surface area contributed by atoms with Gasteiger partial charge in [0.1, 0.15) is 11.5 Å². The number of hydrogen-bond acceptors (Lipinski definition) is 2. The van der Waals surface area contributed by atoms with Gasteiger partial charge in [-0.1, -0.05) is 13.0 Å². The lowest BCUT2D eigenvalue weighted by molar-refractivity contribution is -0.117. The Balaban J connectivity index is 2.03. The molecule has 1 saturated heterocycles. The van der Waals surface area contributed by atoms with Crippen LogP contribution in [-0.4, -0.2) is 18.5 Å². The van der Waals surface area contributed by atoms with Gasteiger partial charge in [-0.2, -0.15) is 0 Å². The third-order valence-corrected chi connectivity index (χ3v) is 3.88. The number of aryl methyl sites for hydroxylation is 1. The van der Waals surface area contributed by atoms with Crippen molar-refractivity contribution in [3.8, 4) is 0 Å². The van der Waals surface area contributed by atoms with Crippen molar-refractivity contribution < 1.29 is 13.6 Å². The van der Waals surface area contributed by atoms with E-state index < -0.39 is 11.6 Å². The van der Waals surface area contributed by atoms with E-state index in [9.17, 15) is 13.6 Å². The summed E-state index contributed by atoms with van der Waals surface area (Å²) in [6, 6.07) is 2.58. The van der Waals surface area contributed by atoms with Gasteiger partial charge in [0.2, 0.25) is 5.91 Å². The summed E-state index contributed by atoms with van der Waals surface area (Å²) in [6.45, 7) is 4.50. The predicted molar refractivity (Wildman–Crippen MR) is 74.5 cm³/mol. The number of carbonyl (C=O) groups is 1. The summed E-state index contributed by atoms with van der Waals surface area (Å²) < 4.78 is 27.4. The average Bonchev–Trinajstić information content (AvgIpc) is 2.42. The van der Waals surface area contributed by atoms with Crippen molar-refractivity contribution >= 4 is 11.6 Å². The van der Waals surface area contributed by atoms with Crippen LogP contribution in [0.4, 0.5) is 14.5 Å². The zero-order chi connectivity index (χ0) is 14.7. The molecule has 110 valence electrons. The highest BCUT2D eigenvalue weighted by Crippen LogP contribution is 2.23. The molecule has 2 unspecified atom stereocenters. The normalized spacial score (nSPS) is 22.6. The van der Waals surface area contributed by atoms with Gasteiger partial charge in [-0.15, -0.1) is 0 Å². The number of nitrogens with one attached hydrogen (secondary N) is 2. The fourth-order valence-corrected chi connectivity index (χ4v) is 2.55. The quantitative estimate of drug-likeness (QED) is 0.895. The molecule has 0 saturated carbocycles. The Kier molecular flexibility index (Phi) is 4.70. The molecule has 0 spiro atoms. The zero-order valence-electron chi connectivity index (χ0n) is 11.8. The number of carbonyl (C=O) groups excluding carboxylic acids is 1. The van der Waals surface area contributed by atoms with Crippen molar-refractivity contribution in [2.24, 2.45) is 5.92 Å². The molecule has 1 amide bonds. The van der Waals surface area contributed by atoms with E-state index in [0.29, 0.717) is 11.5 Å². The maximum Gasteiger partial charge on any atom is 0.226 e. The van der Waals surface area contributed by atoms with Gasteiger partial charge < -0.3 is 10.6 Å². The summed E-state index contributed by atoms with van der Waals surface area (Å²) in [5, 5.41) is 5.64. The lowest BCUT2D eigenvalue weighted by atomic mass is 9.90. The highest BCUT2D eigenvalue weighted by atomic mass is 19.1. The molecule has 1 fully saturated rings. The monoisotopic (exact) mass is 282 g/mol. The number of rotatable bonds is 3. The van der Waals surface area contributed by atoms with Crippen LogP contribution in [-0.2, 0) is 4.79 Å². The molecule has 0 radical (unpaired) electrons.